The van der Waals surface area contributed by atoms with Crippen molar-refractivity contribution in [2.45, 2.75) is 0 Å². The highest BCUT2D eigenvalue weighted by molar-refractivity contribution is 7.21. The molecule has 4 aromatic rings. The van der Waals surface area contributed by atoms with Crippen LogP contribution in [0.3, 0.4) is 0 Å². The maximum Gasteiger partial charge on any atom is 0.355 e. The summed E-state index contributed by atoms with van der Waals surface area (Å²) in [5.41, 5.74) is 3.23. The van der Waals surface area contributed by atoms with Crippen molar-refractivity contribution >= 4 is 74.3 Å². The fourth-order valence-corrected chi connectivity index (χ4v) is 4.92. The molecule has 0 aliphatic carbocycles. The van der Waals surface area contributed by atoms with Crippen molar-refractivity contribution in [1.29, 1.82) is 0 Å². The van der Waals surface area contributed by atoms with Crippen molar-refractivity contribution in [3.63, 3.8) is 0 Å². The van der Waals surface area contributed by atoms with Crippen molar-refractivity contribution < 1.29 is 19.1 Å². The van der Waals surface area contributed by atoms with E-state index in [-0.39, 0.29) is 16.3 Å². The second-order valence-electron chi connectivity index (χ2n) is 6.86. The minimum atomic E-state index is -0.585. The van der Waals surface area contributed by atoms with Gasteiger partial charge in [0.05, 0.1) is 28.9 Å². The lowest BCUT2D eigenvalue weighted by Gasteiger charge is -2.09. The van der Waals surface area contributed by atoms with Crippen LogP contribution >= 0.6 is 46.1 Å². The first kappa shape index (κ1) is 24.0. The summed E-state index contributed by atoms with van der Waals surface area (Å²) in [6.45, 7) is 0. The molecule has 4 rings (SSSR count). The zero-order valence-electron chi connectivity index (χ0n) is 17.5. The van der Waals surface area contributed by atoms with Crippen molar-refractivity contribution in [1.82, 2.24) is 5.43 Å². The Morgan fingerprint density at radius 1 is 1.00 bits per heavy atom. The van der Waals surface area contributed by atoms with Gasteiger partial charge < -0.3 is 9.47 Å². The van der Waals surface area contributed by atoms with Gasteiger partial charge >= 0.3 is 5.97 Å². The van der Waals surface area contributed by atoms with Gasteiger partial charge in [0.1, 0.15) is 4.88 Å². The summed E-state index contributed by atoms with van der Waals surface area (Å²) in [5.74, 6) is -0.551. The molecule has 0 spiro atoms. The van der Waals surface area contributed by atoms with Gasteiger partial charge in [0.2, 0.25) is 0 Å². The lowest BCUT2D eigenvalue weighted by Crippen LogP contribution is -2.18. The van der Waals surface area contributed by atoms with Crippen molar-refractivity contribution in [3.05, 3.63) is 91.7 Å². The smallest absolute Gasteiger partial charge is 0.355 e. The SMILES string of the molecule is COc1cc(/C=N/NC(=O)c2ccc(Cl)cc2Cl)ccc1OC(=O)c1sc2ccccc2c1Cl. The highest BCUT2D eigenvalue weighted by Gasteiger charge is 2.20. The molecule has 0 saturated carbocycles. The van der Waals surface area contributed by atoms with Crippen LogP contribution in [0.5, 0.6) is 11.5 Å². The third-order valence-electron chi connectivity index (χ3n) is 4.67. The zero-order chi connectivity index (χ0) is 24.2. The molecule has 172 valence electrons. The monoisotopic (exact) mass is 532 g/mol. The number of carbonyl (C=O) groups excluding carboxylic acids is 2. The van der Waals surface area contributed by atoms with E-state index in [1.54, 1.807) is 24.3 Å². The Hall–Kier alpha value is -3.10. The predicted octanol–water partition coefficient (Wildman–Crippen LogP) is 6.85. The van der Waals surface area contributed by atoms with E-state index in [1.807, 2.05) is 24.3 Å². The summed E-state index contributed by atoms with van der Waals surface area (Å²) in [6, 6.07) is 16.8. The van der Waals surface area contributed by atoms with Crippen LogP contribution in [-0.2, 0) is 0 Å². The summed E-state index contributed by atoms with van der Waals surface area (Å²) < 4.78 is 11.8. The van der Waals surface area contributed by atoms with Crippen LogP contribution in [0.4, 0.5) is 0 Å². The number of fused-ring (bicyclic) bond motifs is 1. The third kappa shape index (κ3) is 5.18. The molecule has 34 heavy (non-hydrogen) atoms. The fraction of sp³-hybridized carbons (Fsp3) is 0.0417. The van der Waals surface area contributed by atoms with Gasteiger partial charge in [-0.15, -0.1) is 11.3 Å². The highest BCUT2D eigenvalue weighted by atomic mass is 35.5. The van der Waals surface area contributed by atoms with Gasteiger partial charge in [-0.25, -0.2) is 10.2 Å². The summed E-state index contributed by atoms with van der Waals surface area (Å²) in [4.78, 5) is 25.3. The normalized spacial score (nSPS) is 11.1. The number of methoxy groups -OCH3 is 1. The molecule has 0 aliphatic rings. The number of hydrogen-bond acceptors (Lipinski definition) is 6. The Bertz CT molecular complexity index is 1440. The van der Waals surface area contributed by atoms with E-state index in [9.17, 15) is 9.59 Å². The first-order chi connectivity index (χ1) is 16.4. The number of amides is 1. The van der Waals surface area contributed by atoms with Gasteiger partial charge in [-0.1, -0.05) is 53.0 Å². The number of hydrazone groups is 1. The van der Waals surface area contributed by atoms with E-state index in [1.165, 1.54) is 36.8 Å². The number of nitrogens with one attached hydrogen (secondary N) is 1. The Balaban J connectivity index is 1.47. The molecule has 0 fully saturated rings. The maximum absolute atomic E-state index is 12.7. The second-order valence-corrected chi connectivity index (χ2v) is 9.14. The molecule has 1 N–H and O–H groups in total. The van der Waals surface area contributed by atoms with Gasteiger partial charge in [0, 0.05) is 15.1 Å². The van der Waals surface area contributed by atoms with Crippen molar-refractivity contribution in [2.75, 3.05) is 7.11 Å². The number of carbonyl (C=O) groups is 2. The van der Waals surface area contributed by atoms with E-state index in [0.29, 0.717) is 26.2 Å². The Morgan fingerprint density at radius 3 is 2.53 bits per heavy atom. The number of benzene rings is 3. The Labute approximate surface area is 213 Å². The second kappa shape index (κ2) is 10.4. The summed E-state index contributed by atoms with van der Waals surface area (Å²) >= 11 is 19.5. The molecule has 1 aromatic heterocycles. The van der Waals surface area contributed by atoms with Crippen LogP contribution in [0.1, 0.15) is 25.6 Å². The number of ether oxygens (including phenoxy) is 2. The van der Waals surface area contributed by atoms with Gasteiger partial charge in [-0.05, 0) is 48.0 Å². The van der Waals surface area contributed by atoms with Crippen molar-refractivity contribution in [3.8, 4) is 11.5 Å². The molecular weight excluding hydrogens is 519 g/mol. The molecule has 0 unspecified atom stereocenters. The number of esters is 1. The number of thiophene rings is 1. The van der Waals surface area contributed by atoms with Gasteiger partial charge in [-0.3, -0.25) is 4.79 Å². The summed E-state index contributed by atoms with van der Waals surface area (Å²) in [5, 5.41) is 5.72. The molecule has 0 bridgehead atoms. The molecule has 3 aromatic carbocycles. The molecule has 6 nitrogen and oxygen atoms in total. The van der Waals surface area contributed by atoms with Crippen LogP contribution in [0.2, 0.25) is 15.1 Å². The largest absolute Gasteiger partial charge is 0.493 e. The molecule has 0 radical (unpaired) electrons. The van der Waals surface area contributed by atoms with Crippen LogP contribution in [0.25, 0.3) is 10.1 Å². The van der Waals surface area contributed by atoms with Crippen LogP contribution in [-0.4, -0.2) is 25.2 Å². The van der Waals surface area contributed by atoms with Crippen LogP contribution < -0.4 is 14.9 Å². The lowest BCUT2D eigenvalue weighted by atomic mass is 10.2. The van der Waals surface area contributed by atoms with Crippen LogP contribution in [0.15, 0.2) is 65.8 Å². The first-order valence-corrected chi connectivity index (χ1v) is 11.7. The Morgan fingerprint density at radius 2 is 1.79 bits per heavy atom. The average molecular weight is 534 g/mol. The van der Waals surface area contributed by atoms with Crippen LogP contribution in [0, 0.1) is 0 Å². The maximum atomic E-state index is 12.7. The quantitative estimate of drug-likeness (QED) is 0.127. The summed E-state index contributed by atoms with van der Waals surface area (Å²) in [6.07, 6.45) is 1.42. The fourth-order valence-electron chi connectivity index (χ4n) is 3.04. The Kier molecular flexibility index (Phi) is 7.38. The number of hydrogen-bond donors (Lipinski definition) is 1. The van der Waals surface area contributed by atoms with Gasteiger partial charge in [-0.2, -0.15) is 5.10 Å². The van der Waals surface area contributed by atoms with E-state index < -0.39 is 11.9 Å². The number of halogens is 3. The molecule has 0 saturated heterocycles. The van der Waals surface area contributed by atoms with Crippen molar-refractivity contribution in [2.24, 2.45) is 5.10 Å². The molecule has 1 amide bonds. The topological polar surface area (TPSA) is 77.0 Å². The predicted molar refractivity (Wildman–Crippen MR) is 136 cm³/mol. The molecule has 1 heterocycles. The lowest BCUT2D eigenvalue weighted by molar-refractivity contribution is 0.0734. The van der Waals surface area contributed by atoms with E-state index in [4.69, 9.17) is 44.3 Å². The number of nitrogens with zero attached hydrogens (tertiary/aromatic N) is 1. The minimum absolute atomic E-state index is 0.215. The molecular formula is C24H15Cl3N2O4S. The van der Waals surface area contributed by atoms with Gasteiger partial charge in [0.25, 0.3) is 5.91 Å². The molecule has 0 aliphatic heterocycles. The molecule has 0 atom stereocenters. The highest BCUT2D eigenvalue weighted by Crippen LogP contribution is 2.37. The number of rotatable bonds is 6. The van der Waals surface area contributed by atoms with E-state index in [0.717, 1.165) is 10.1 Å². The van der Waals surface area contributed by atoms with E-state index in [2.05, 4.69) is 10.5 Å². The van der Waals surface area contributed by atoms with E-state index >= 15 is 0 Å². The minimum Gasteiger partial charge on any atom is -0.493 e. The zero-order valence-corrected chi connectivity index (χ0v) is 20.6. The standard InChI is InChI=1S/C24H15Cl3N2O4S/c1-32-19-10-13(12-28-29-23(30)15-8-7-14(25)11-17(15)26)6-9-18(19)33-24(31)22-21(27)16-4-2-3-5-20(16)34-22/h2-12H,1H3,(H,29,30)/b28-12+. The summed E-state index contributed by atoms with van der Waals surface area (Å²) in [7, 11) is 1.45. The first-order valence-electron chi connectivity index (χ1n) is 9.73. The van der Waals surface area contributed by atoms with Gasteiger partial charge in [0.15, 0.2) is 11.5 Å². The third-order valence-corrected chi connectivity index (χ3v) is 6.87. The molecule has 10 heteroatoms. The average Bonchev–Trinajstić information content (AvgIpc) is 3.16.